The SMILES string of the molecule is C=C(N)CCc1ccccc1.C=C(N)COc1ccc2c(c1Cl)OC(=C)C(CCN(CC)CC)=C2C. The van der Waals surface area contributed by atoms with Crippen molar-refractivity contribution in [2.75, 3.05) is 26.2 Å². The van der Waals surface area contributed by atoms with E-state index in [4.69, 9.17) is 32.5 Å². The molecule has 6 heteroatoms. The van der Waals surface area contributed by atoms with Crippen molar-refractivity contribution in [3.05, 3.63) is 101 Å². The van der Waals surface area contributed by atoms with Crippen molar-refractivity contribution in [2.24, 2.45) is 11.5 Å². The van der Waals surface area contributed by atoms with Crippen molar-refractivity contribution < 1.29 is 9.47 Å². The Balaban J connectivity index is 0.000000346. The van der Waals surface area contributed by atoms with Gasteiger partial charge in [0.2, 0.25) is 0 Å². The van der Waals surface area contributed by atoms with E-state index < -0.39 is 0 Å². The summed E-state index contributed by atoms with van der Waals surface area (Å²) in [5, 5.41) is 0.432. The van der Waals surface area contributed by atoms with Crippen LogP contribution < -0.4 is 20.9 Å². The Hall–Kier alpha value is -3.15. The maximum atomic E-state index is 6.47. The molecule has 0 bridgehead atoms. The highest BCUT2D eigenvalue weighted by molar-refractivity contribution is 6.34. The van der Waals surface area contributed by atoms with E-state index in [1.165, 1.54) is 5.56 Å². The molecule has 1 heterocycles. The molecule has 0 aromatic heterocycles. The first-order valence-electron chi connectivity index (χ1n) is 12.3. The van der Waals surface area contributed by atoms with E-state index in [1.54, 1.807) is 0 Å². The lowest BCUT2D eigenvalue weighted by atomic mass is 9.94. The largest absolute Gasteiger partial charge is 0.486 e. The van der Waals surface area contributed by atoms with E-state index in [2.05, 4.69) is 57.5 Å². The summed E-state index contributed by atoms with van der Waals surface area (Å²) in [5.41, 5.74) is 16.8. The van der Waals surface area contributed by atoms with E-state index in [9.17, 15) is 0 Å². The number of hydrogen-bond acceptors (Lipinski definition) is 5. The van der Waals surface area contributed by atoms with E-state index in [0.717, 1.165) is 61.3 Å². The van der Waals surface area contributed by atoms with Gasteiger partial charge in [-0.25, -0.2) is 0 Å². The Labute approximate surface area is 221 Å². The fourth-order valence-corrected chi connectivity index (χ4v) is 4.12. The van der Waals surface area contributed by atoms with Crippen molar-refractivity contribution >= 4 is 17.2 Å². The first kappa shape index (κ1) is 29.1. The minimum atomic E-state index is 0.212. The molecule has 1 aliphatic heterocycles. The van der Waals surface area contributed by atoms with Gasteiger partial charge < -0.3 is 25.8 Å². The van der Waals surface area contributed by atoms with Crippen LogP contribution in [0.5, 0.6) is 11.5 Å². The number of allylic oxidation sites excluding steroid dienone is 3. The second-order valence-electron chi connectivity index (χ2n) is 8.75. The number of nitrogens with zero attached hydrogens (tertiary/aromatic N) is 1. The van der Waals surface area contributed by atoms with Gasteiger partial charge in [-0.2, -0.15) is 0 Å². The van der Waals surface area contributed by atoms with Gasteiger partial charge in [0.1, 0.15) is 23.1 Å². The highest BCUT2D eigenvalue weighted by Gasteiger charge is 2.25. The Kier molecular flexibility index (Phi) is 11.6. The molecule has 4 N–H and O–H groups in total. The Morgan fingerprint density at radius 3 is 2.25 bits per heavy atom. The topological polar surface area (TPSA) is 73.7 Å². The highest BCUT2D eigenvalue weighted by Crippen LogP contribution is 2.46. The standard InChI is InChI=1S/C20H27ClN2O2.C10H13N/c1-6-23(7-2)11-10-16-14(4)17-8-9-18(24-12-13(3)22)19(21)20(17)25-15(16)5;1-9(11)7-8-10-5-3-2-4-6-10/h8-9H,3,5-7,10-12,22H2,1-2,4H3;2-6H,1,7-8,11H2. The molecule has 0 atom stereocenters. The van der Waals surface area contributed by atoms with Gasteiger partial charge in [-0.3, -0.25) is 0 Å². The molecule has 0 saturated carbocycles. The molecular weight excluding hydrogens is 470 g/mol. The van der Waals surface area contributed by atoms with Gasteiger partial charge in [0, 0.05) is 23.5 Å². The average molecular weight is 510 g/mol. The van der Waals surface area contributed by atoms with Gasteiger partial charge in [0.15, 0.2) is 5.75 Å². The zero-order valence-corrected chi connectivity index (χ0v) is 22.7. The molecule has 0 aliphatic carbocycles. The molecule has 0 saturated heterocycles. The summed E-state index contributed by atoms with van der Waals surface area (Å²) in [4.78, 5) is 2.38. The zero-order valence-electron chi connectivity index (χ0n) is 21.9. The van der Waals surface area contributed by atoms with Crippen LogP contribution >= 0.6 is 11.6 Å². The Morgan fingerprint density at radius 1 is 1.00 bits per heavy atom. The van der Waals surface area contributed by atoms with Crippen molar-refractivity contribution in [1.29, 1.82) is 0 Å². The minimum absolute atomic E-state index is 0.212. The van der Waals surface area contributed by atoms with Crippen LogP contribution in [0.2, 0.25) is 5.02 Å². The number of aryl methyl sites for hydroxylation is 1. The predicted octanol–water partition coefficient (Wildman–Crippen LogP) is 6.69. The lowest BCUT2D eigenvalue weighted by Gasteiger charge is -2.27. The quantitative estimate of drug-likeness (QED) is 0.353. The van der Waals surface area contributed by atoms with Gasteiger partial charge >= 0.3 is 0 Å². The van der Waals surface area contributed by atoms with E-state index in [-0.39, 0.29) is 6.61 Å². The third-order valence-corrected chi connectivity index (χ3v) is 6.40. The summed E-state index contributed by atoms with van der Waals surface area (Å²) < 4.78 is 11.5. The molecule has 0 unspecified atom stereocenters. The van der Waals surface area contributed by atoms with Crippen molar-refractivity contribution in [3.8, 4) is 11.5 Å². The molecule has 2 aromatic carbocycles. The number of rotatable bonds is 11. The molecule has 5 nitrogen and oxygen atoms in total. The molecule has 2 aromatic rings. The van der Waals surface area contributed by atoms with E-state index >= 15 is 0 Å². The summed E-state index contributed by atoms with van der Waals surface area (Å²) in [6.45, 7) is 21.0. The third kappa shape index (κ3) is 8.51. The fraction of sp³-hybridized carbons (Fsp3) is 0.333. The van der Waals surface area contributed by atoms with Crippen LogP contribution in [-0.2, 0) is 6.42 Å². The van der Waals surface area contributed by atoms with Crippen LogP contribution in [0, 0.1) is 0 Å². The number of hydrogen-bond donors (Lipinski definition) is 2. The summed E-state index contributed by atoms with van der Waals surface area (Å²) >= 11 is 6.47. The monoisotopic (exact) mass is 509 g/mol. The normalized spacial score (nSPS) is 12.4. The Morgan fingerprint density at radius 2 is 1.67 bits per heavy atom. The third-order valence-electron chi connectivity index (χ3n) is 6.04. The molecule has 0 amide bonds. The van der Waals surface area contributed by atoms with Gasteiger partial charge in [-0.15, -0.1) is 0 Å². The molecule has 3 rings (SSSR count). The Bertz CT molecular complexity index is 1090. The summed E-state index contributed by atoms with van der Waals surface area (Å²) in [7, 11) is 0. The van der Waals surface area contributed by atoms with Crippen LogP contribution in [0.3, 0.4) is 0 Å². The number of fused-ring (bicyclic) bond motifs is 1. The molecule has 36 heavy (non-hydrogen) atoms. The maximum Gasteiger partial charge on any atom is 0.157 e. The van der Waals surface area contributed by atoms with Crippen LogP contribution in [0.4, 0.5) is 0 Å². The van der Waals surface area contributed by atoms with E-state index in [0.29, 0.717) is 28.0 Å². The first-order chi connectivity index (χ1) is 17.2. The number of benzene rings is 2. The minimum Gasteiger partial charge on any atom is -0.486 e. The fourth-order valence-electron chi connectivity index (χ4n) is 3.86. The maximum absolute atomic E-state index is 6.47. The lowest BCUT2D eigenvalue weighted by molar-refractivity contribution is 0.304. The molecule has 0 radical (unpaired) electrons. The average Bonchev–Trinajstić information content (AvgIpc) is 2.86. The van der Waals surface area contributed by atoms with Crippen LogP contribution in [0.15, 0.2) is 84.9 Å². The van der Waals surface area contributed by atoms with Gasteiger partial charge in [0.05, 0.1) is 0 Å². The number of halogens is 1. The highest BCUT2D eigenvalue weighted by atomic mass is 35.5. The van der Waals surface area contributed by atoms with Gasteiger partial charge in [-0.05, 0) is 68.1 Å². The molecule has 0 spiro atoms. The van der Waals surface area contributed by atoms with Crippen molar-refractivity contribution in [3.63, 3.8) is 0 Å². The van der Waals surface area contributed by atoms with Crippen LogP contribution in [0.1, 0.15) is 44.7 Å². The predicted molar refractivity (Wildman–Crippen MR) is 153 cm³/mol. The molecule has 0 fully saturated rings. The summed E-state index contributed by atoms with van der Waals surface area (Å²) in [5.74, 6) is 1.77. The summed E-state index contributed by atoms with van der Waals surface area (Å²) in [6, 6.07) is 14.1. The van der Waals surface area contributed by atoms with Crippen molar-refractivity contribution in [2.45, 2.75) is 40.0 Å². The first-order valence-corrected chi connectivity index (χ1v) is 12.7. The zero-order chi connectivity index (χ0) is 26.7. The number of nitrogens with two attached hydrogens (primary N) is 2. The second-order valence-corrected chi connectivity index (χ2v) is 9.13. The van der Waals surface area contributed by atoms with Gasteiger partial charge in [0.25, 0.3) is 0 Å². The second kappa shape index (κ2) is 14.4. The number of ether oxygens (including phenoxy) is 2. The van der Waals surface area contributed by atoms with Crippen LogP contribution in [0.25, 0.3) is 5.57 Å². The smallest absolute Gasteiger partial charge is 0.157 e. The van der Waals surface area contributed by atoms with Gasteiger partial charge in [-0.1, -0.05) is 75.5 Å². The lowest BCUT2D eigenvalue weighted by Crippen LogP contribution is -2.25. The van der Waals surface area contributed by atoms with E-state index in [1.807, 2.05) is 30.3 Å². The molecule has 194 valence electrons. The van der Waals surface area contributed by atoms with Crippen LogP contribution in [-0.4, -0.2) is 31.1 Å². The summed E-state index contributed by atoms with van der Waals surface area (Å²) in [6.07, 6.45) is 2.77. The molecule has 1 aliphatic rings. The molecular formula is C30H40ClN3O2. The van der Waals surface area contributed by atoms with Crippen molar-refractivity contribution in [1.82, 2.24) is 4.90 Å².